The van der Waals surface area contributed by atoms with E-state index in [0.717, 1.165) is 5.56 Å². The number of amides is 1. The number of carbonyl (C=O) groups excluding carboxylic acids is 1. The lowest BCUT2D eigenvalue weighted by Crippen LogP contribution is -2.27. The van der Waals surface area contributed by atoms with Crippen LogP contribution in [0.15, 0.2) is 28.8 Å². The molecule has 5 nitrogen and oxygen atoms in total. The summed E-state index contributed by atoms with van der Waals surface area (Å²) in [6.07, 6.45) is 0.472. The summed E-state index contributed by atoms with van der Waals surface area (Å²) in [6.45, 7) is 5.80. The van der Waals surface area contributed by atoms with Gasteiger partial charge in [0.15, 0.2) is 0 Å². The highest BCUT2D eigenvalue weighted by Crippen LogP contribution is 2.21. The predicted molar refractivity (Wildman–Crippen MR) is 80.8 cm³/mol. The first-order chi connectivity index (χ1) is 9.95. The Morgan fingerprint density at radius 3 is 2.81 bits per heavy atom. The van der Waals surface area contributed by atoms with Crippen molar-refractivity contribution in [3.05, 3.63) is 35.2 Å². The minimum absolute atomic E-state index is 0.0278. The average molecular weight is 308 g/mol. The Bertz CT molecular complexity index is 625. The Hall–Kier alpha value is -1.88. The molecule has 0 radical (unpaired) electrons. The van der Waals surface area contributed by atoms with E-state index in [0.29, 0.717) is 29.1 Å². The summed E-state index contributed by atoms with van der Waals surface area (Å²) in [4.78, 5) is 16.0. The number of nitrogens with one attached hydrogen (secondary N) is 1. The third-order valence-electron chi connectivity index (χ3n) is 2.87. The van der Waals surface area contributed by atoms with Gasteiger partial charge < -0.3 is 9.84 Å². The summed E-state index contributed by atoms with van der Waals surface area (Å²) in [5.41, 5.74) is 0.776. The molecule has 112 valence electrons. The first-order valence-electron chi connectivity index (χ1n) is 6.84. The number of hydrogen-bond acceptors (Lipinski definition) is 4. The molecule has 1 unspecified atom stereocenters. The van der Waals surface area contributed by atoms with E-state index in [-0.39, 0.29) is 11.9 Å². The predicted octanol–water partition coefficient (Wildman–Crippen LogP) is 3.61. The number of aromatic nitrogens is 2. The zero-order valence-corrected chi connectivity index (χ0v) is 13.0. The zero-order chi connectivity index (χ0) is 15.4. The molecule has 0 spiro atoms. The van der Waals surface area contributed by atoms with Crippen molar-refractivity contribution < 1.29 is 9.32 Å². The maximum atomic E-state index is 11.7. The van der Waals surface area contributed by atoms with Crippen molar-refractivity contribution in [2.45, 2.75) is 33.2 Å². The van der Waals surface area contributed by atoms with E-state index in [2.05, 4.69) is 15.5 Å². The molecule has 6 heteroatoms. The van der Waals surface area contributed by atoms with Gasteiger partial charge in [0.25, 0.3) is 0 Å². The number of carbonyl (C=O) groups is 1. The van der Waals surface area contributed by atoms with E-state index in [4.69, 9.17) is 16.1 Å². The normalized spacial score (nSPS) is 12.4. The van der Waals surface area contributed by atoms with Crippen molar-refractivity contribution in [2.75, 3.05) is 0 Å². The van der Waals surface area contributed by atoms with Crippen molar-refractivity contribution in [3.8, 4) is 11.4 Å². The highest BCUT2D eigenvalue weighted by Gasteiger charge is 2.17. The van der Waals surface area contributed by atoms with Crippen LogP contribution in [0.3, 0.4) is 0 Å². The second-order valence-corrected chi connectivity index (χ2v) is 5.79. The monoisotopic (exact) mass is 307 g/mol. The summed E-state index contributed by atoms with van der Waals surface area (Å²) in [5.74, 6) is 1.11. The van der Waals surface area contributed by atoms with E-state index < -0.39 is 0 Å². The quantitative estimate of drug-likeness (QED) is 0.916. The lowest BCUT2D eigenvalue weighted by molar-refractivity contribution is -0.122. The topological polar surface area (TPSA) is 68.0 Å². The molecule has 21 heavy (non-hydrogen) atoms. The van der Waals surface area contributed by atoms with Crippen LogP contribution in [0.5, 0.6) is 0 Å². The fourth-order valence-corrected chi connectivity index (χ4v) is 2.08. The van der Waals surface area contributed by atoms with Crippen molar-refractivity contribution in [2.24, 2.45) is 5.92 Å². The van der Waals surface area contributed by atoms with Crippen LogP contribution >= 0.6 is 11.6 Å². The fraction of sp³-hybridized carbons (Fsp3) is 0.400. The molecule has 0 aliphatic rings. The summed E-state index contributed by atoms with van der Waals surface area (Å²) in [7, 11) is 0. The Balaban J connectivity index is 2.07. The highest BCUT2D eigenvalue weighted by molar-refractivity contribution is 6.30. The fourth-order valence-electron chi connectivity index (χ4n) is 1.89. The molecule has 0 aliphatic heterocycles. The van der Waals surface area contributed by atoms with Crippen LogP contribution in [0.1, 0.15) is 39.1 Å². The zero-order valence-electron chi connectivity index (χ0n) is 12.3. The number of nitrogens with zero attached hydrogens (tertiary/aromatic N) is 2. The molecule has 0 fully saturated rings. The standard InChI is InChI=1S/C15H18ClN3O2/c1-9(2)7-13(20)17-10(3)15-18-14(19-21-15)11-5-4-6-12(16)8-11/h4-6,8-10H,7H2,1-3H3,(H,17,20). The molecule has 0 bridgehead atoms. The van der Waals surface area contributed by atoms with Crippen LogP contribution in [-0.4, -0.2) is 16.0 Å². The Morgan fingerprint density at radius 1 is 1.38 bits per heavy atom. The second kappa shape index (κ2) is 6.72. The van der Waals surface area contributed by atoms with E-state index in [1.54, 1.807) is 12.1 Å². The molecule has 1 amide bonds. The average Bonchev–Trinajstić information content (AvgIpc) is 2.87. The van der Waals surface area contributed by atoms with Gasteiger partial charge in [0.05, 0.1) is 0 Å². The first-order valence-corrected chi connectivity index (χ1v) is 7.22. The second-order valence-electron chi connectivity index (χ2n) is 5.35. The third-order valence-corrected chi connectivity index (χ3v) is 3.10. The van der Waals surface area contributed by atoms with Gasteiger partial charge in [-0.3, -0.25) is 4.79 Å². The van der Waals surface area contributed by atoms with E-state index in [1.165, 1.54) is 0 Å². The maximum absolute atomic E-state index is 11.7. The molecule has 1 heterocycles. The van der Waals surface area contributed by atoms with Crippen molar-refractivity contribution in [3.63, 3.8) is 0 Å². The van der Waals surface area contributed by atoms with Crippen molar-refractivity contribution in [1.29, 1.82) is 0 Å². The smallest absolute Gasteiger partial charge is 0.249 e. The molecule has 2 aromatic rings. The number of benzene rings is 1. The lowest BCUT2D eigenvalue weighted by Gasteiger charge is -2.10. The maximum Gasteiger partial charge on any atom is 0.249 e. The van der Waals surface area contributed by atoms with Crippen LogP contribution < -0.4 is 5.32 Å². The molecule has 2 rings (SSSR count). The summed E-state index contributed by atoms with van der Waals surface area (Å²) in [5, 5.41) is 7.37. The van der Waals surface area contributed by atoms with Crippen LogP contribution in [0, 0.1) is 5.92 Å². The lowest BCUT2D eigenvalue weighted by atomic mass is 10.1. The molecular weight excluding hydrogens is 290 g/mol. The van der Waals surface area contributed by atoms with Crippen LogP contribution in [0.25, 0.3) is 11.4 Å². The highest BCUT2D eigenvalue weighted by atomic mass is 35.5. The largest absolute Gasteiger partial charge is 0.345 e. The van der Waals surface area contributed by atoms with Gasteiger partial charge in [0.1, 0.15) is 6.04 Å². The molecule has 0 aliphatic carbocycles. The van der Waals surface area contributed by atoms with Gasteiger partial charge in [-0.1, -0.05) is 42.7 Å². The minimum atomic E-state index is -0.323. The Labute approximate surface area is 128 Å². The summed E-state index contributed by atoms with van der Waals surface area (Å²) < 4.78 is 5.21. The van der Waals surface area contributed by atoms with Gasteiger partial charge in [0.2, 0.25) is 17.6 Å². The van der Waals surface area contributed by atoms with Gasteiger partial charge in [-0.15, -0.1) is 0 Å². The van der Waals surface area contributed by atoms with Crippen molar-refractivity contribution >= 4 is 17.5 Å². The number of halogens is 1. The van der Waals surface area contributed by atoms with E-state index in [1.807, 2.05) is 32.9 Å². The number of hydrogen-bond donors (Lipinski definition) is 1. The Kier molecular flexibility index (Phi) is 4.96. The SMILES string of the molecule is CC(C)CC(=O)NC(C)c1nc(-c2cccc(Cl)c2)no1. The first kappa shape index (κ1) is 15.5. The van der Waals surface area contributed by atoms with E-state index in [9.17, 15) is 4.79 Å². The Morgan fingerprint density at radius 2 is 2.14 bits per heavy atom. The van der Waals surface area contributed by atoms with Crippen LogP contribution in [-0.2, 0) is 4.79 Å². The van der Waals surface area contributed by atoms with Gasteiger partial charge >= 0.3 is 0 Å². The molecular formula is C15H18ClN3O2. The molecule has 0 saturated carbocycles. The van der Waals surface area contributed by atoms with Crippen LogP contribution in [0.4, 0.5) is 0 Å². The summed E-state index contributed by atoms with van der Waals surface area (Å²) >= 11 is 5.94. The molecule has 0 saturated heterocycles. The van der Waals surface area contributed by atoms with Gasteiger partial charge in [-0.25, -0.2) is 0 Å². The van der Waals surface area contributed by atoms with Gasteiger partial charge in [0, 0.05) is 17.0 Å². The molecule has 1 atom stereocenters. The third kappa shape index (κ3) is 4.29. The molecule has 1 aromatic carbocycles. The van der Waals surface area contributed by atoms with Gasteiger partial charge in [-0.2, -0.15) is 4.98 Å². The number of rotatable bonds is 5. The minimum Gasteiger partial charge on any atom is -0.345 e. The summed E-state index contributed by atoms with van der Waals surface area (Å²) in [6, 6.07) is 6.89. The van der Waals surface area contributed by atoms with Gasteiger partial charge in [-0.05, 0) is 25.0 Å². The van der Waals surface area contributed by atoms with Crippen molar-refractivity contribution in [1.82, 2.24) is 15.5 Å². The molecule has 1 aromatic heterocycles. The van der Waals surface area contributed by atoms with Crippen LogP contribution in [0.2, 0.25) is 5.02 Å². The van der Waals surface area contributed by atoms with E-state index >= 15 is 0 Å². The molecule has 1 N–H and O–H groups in total.